The third-order valence-electron chi connectivity index (χ3n) is 5.06. The van der Waals surface area contributed by atoms with E-state index in [0.29, 0.717) is 37.3 Å². The summed E-state index contributed by atoms with van der Waals surface area (Å²) in [5.74, 6) is -0.561. The normalized spacial score (nSPS) is 21.4. The fourth-order valence-corrected chi connectivity index (χ4v) is 5.67. The number of carbonyl (C=O) groups is 1. The second kappa shape index (κ2) is 7.04. The second-order valence-electron chi connectivity index (χ2n) is 6.66. The van der Waals surface area contributed by atoms with E-state index in [1.807, 2.05) is 0 Å². The van der Waals surface area contributed by atoms with Crippen LogP contribution in [0.1, 0.15) is 12.8 Å². The van der Waals surface area contributed by atoms with Crippen LogP contribution in [0.3, 0.4) is 0 Å². The molecule has 0 N–H and O–H groups in total. The van der Waals surface area contributed by atoms with E-state index in [9.17, 15) is 13.2 Å². The number of fused-ring (bicyclic) bond motifs is 1. The van der Waals surface area contributed by atoms with E-state index in [-0.39, 0.29) is 30.8 Å². The lowest BCUT2D eigenvalue weighted by Gasteiger charge is -2.38. The summed E-state index contributed by atoms with van der Waals surface area (Å²) >= 11 is 0.946. The number of carbonyl (C=O) groups excluding carboxylic acids is 1. The van der Waals surface area contributed by atoms with E-state index in [1.54, 1.807) is 12.1 Å². The zero-order valence-corrected chi connectivity index (χ0v) is 16.1. The van der Waals surface area contributed by atoms with Gasteiger partial charge < -0.3 is 9.64 Å². The molecule has 1 amide bonds. The van der Waals surface area contributed by atoms with Crippen molar-refractivity contribution in [3.8, 4) is 0 Å². The number of alkyl halides is 1. The van der Waals surface area contributed by atoms with E-state index in [0.717, 1.165) is 11.7 Å². The van der Waals surface area contributed by atoms with Crippen LogP contribution in [0, 0.1) is 0 Å². The summed E-state index contributed by atoms with van der Waals surface area (Å²) < 4.78 is 55.8. The average molecular weight is 414 g/mol. The van der Waals surface area contributed by atoms with Gasteiger partial charge in [0.1, 0.15) is 15.9 Å². The van der Waals surface area contributed by atoms with E-state index in [2.05, 4.69) is 8.75 Å². The Morgan fingerprint density at radius 1 is 1.15 bits per heavy atom. The van der Waals surface area contributed by atoms with Crippen LogP contribution in [0.25, 0.3) is 11.0 Å². The number of aromatic nitrogens is 2. The Kier molecular flexibility index (Phi) is 4.87. The number of morpholine rings is 1. The second-order valence-corrected chi connectivity index (χ2v) is 9.10. The minimum absolute atomic E-state index is 0.0527. The van der Waals surface area contributed by atoms with Crippen molar-refractivity contribution in [1.82, 2.24) is 18.0 Å². The zero-order valence-electron chi connectivity index (χ0n) is 14.5. The van der Waals surface area contributed by atoms with Crippen LogP contribution in [0.2, 0.25) is 0 Å². The van der Waals surface area contributed by atoms with Crippen LogP contribution >= 0.6 is 11.7 Å². The van der Waals surface area contributed by atoms with Gasteiger partial charge >= 0.3 is 0 Å². The minimum Gasteiger partial charge on any atom is -0.378 e. The van der Waals surface area contributed by atoms with Crippen molar-refractivity contribution in [3.05, 3.63) is 18.2 Å². The van der Waals surface area contributed by atoms with Crippen molar-refractivity contribution in [1.29, 1.82) is 0 Å². The van der Waals surface area contributed by atoms with Gasteiger partial charge in [0.15, 0.2) is 5.67 Å². The molecular weight excluding hydrogens is 395 g/mol. The zero-order chi connectivity index (χ0) is 19.1. The number of benzene rings is 1. The molecule has 146 valence electrons. The largest absolute Gasteiger partial charge is 0.378 e. The lowest BCUT2D eigenvalue weighted by molar-refractivity contribution is -0.150. The summed E-state index contributed by atoms with van der Waals surface area (Å²) in [5.41, 5.74) is -1.19. The number of nitrogens with zero attached hydrogens (tertiary/aromatic N) is 4. The molecule has 4 rings (SSSR count). The van der Waals surface area contributed by atoms with E-state index < -0.39 is 21.6 Å². The summed E-state index contributed by atoms with van der Waals surface area (Å²) in [5, 5.41) is 0. The summed E-state index contributed by atoms with van der Waals surface area (Å²) in [6, 6.07) is 4.79. The summed E-state index contributed by atoms with van der Waals surface area (Å²) in [7, 11) is -3.83. The molecule has 0 aliphatic carbocycles. The number of rotatable bonds is 3. The number of amides is 1. The number of piperidine rings is 1. The van der Waals surface area contributed by atoms with Gasteiger partial charge in [0.25, 0.3) is 5.91 Å². The Bertz CT molecular complexity index is 950. The quantitative estimate of drug-likeness (QED) is 0.745. The first-order valence-electron chi connectivity index (χ1n) is 8.69. The third kappa shape index (κ3) is 3.33. The first-order valence-corrected chi connectivity index (χ1v) is 10.9. The topological polar surface area (TPSA) is 92.7 Å². The van der Waals surface area contributed by atoms with Crippen LogP contribution in [0.15, 0.2) is 23.1 Å². The first kappa shape index (κ1) is 18.7. The van der Waals surface area contributed by atoms with Crippen LogP contribution in [-0.2, 0) is 19.6 Å². The predicted molar refractivity (Wildman–Crippen MR) is 96.6 cm³/mol. The van der Waals surface area contributed by atoms with Gasteiger partial charge in [-0.25, -0.2) is 12.8 Å². The molecule has 3 heterocycles. The fraction of sp³-hybridized carbons (Fsp3) is 0.562. The lowest BCUT2D eigenvalue weighted by atomic mass is 9.92. The third-order valence-corrected chi connectivity index (χ3v) is 7.54. The summed E-state index contributed by atoms with van der Waals surface area (Å²) in [6.07, 6.45) is -0.318. The molecule has 0 radical (unpaired) electrons. The molecule has 0 spiro atoms. The average Bonchev–Trinajstić information content (AvgIpc) is 3.17. The maximum atomic E-state index is 15.2. The summed E-state index contributed by atoms with van der Waals surface area (Å²) in [4.78, 5) is 14.1. The van der Waals surface area contributed by atoms with E-state index in [1.165, 1.54) is 15.3 Å². The van der Waals surface area contributed by atoms with Crippen molar-refractivity contribution in [2.24, 2.45) is 0 Å². The molecule has 0 atom stereocenters. The van der Waals surface area contributed by atoms with Gasteiger partial charge in [0.05, 0.1) is 24.9 Å². The Morgan fingerprint density at radius 3 is 2.56 bits per heavy atom. The molecule has 2 aromatic rings. The maximum absolute atomic E-state index is 15.2. The number of halogens is 1. The Balaban J connectivity index is 1.51. The molecule has 11 heteroatoms. The van der Waals surface area contributed by atoms with Crippen molar-refractivity contribution in [3.63, 3.8) is 0 Å². The first-order chi connectivity index (χ1) is 12.9. The molecule has 27 heavy (non-hydrogen) atoms. The van der Waals surface area contributed by atoms with Gasteiger partial charge in [-0.1, -0.05) is 6.07 Å². The lowest BCUT2D eigenvalue weighted by Crippen LogP contribution is -2.55. The Morgan fingerprint density at radius 2 is 1.85 bits per heavy atom. The minimum atomic E-state index is -3.83. The molecule has 2 saturated heterocycles. The molecular formula is C16H19FN4O4S2. The molecule has 2 aliphatic rings. The van der Waals surface area contributed by atoms with Crippen LogP contribution in [0.4, 0.5) is 4.39 Å². The number of ether oxygens (including phenoxy) is 1. The van der Waals surface area contributed by atoms with Gasteiger partial charge in [0, 0.05) is 39.0 Å². The van der Waals surface area contributed by atoms with Crippen molar-refractivity contribution in [2.75, 3.05) is 39.4 Å². The molecule has 0 saturated carbocycles. The van der Waals surface area contributed by atoms with Gasteiger partial charge in [-0.2, -0.15) is 13.1 Å². The molecule has 1 aromatic heterocycles. The maximum Gasteiger partial charge on any atom is 0.260 e. The Hall–Kier alpha value is -1.69. The molecule has 1 aromatic carbocycles. The number of sulfonamides is 1. The van der Waals surface area contributed by atoms with E-state index >= 15 is 4.39 Å². The molecule has 2 aliphatic heterocycles. The highest BCUT2D eigenvalue weighted by Gasteiger charge is 2.46. The van der Waals surface area contributed by atoms with Crippen LogP contribution in [-0.4, -0.2) is 77.3 Å². The molecule has 0 unspecified atom stereocenters. The van der Waals surface area contributed by atoms with Gasteiger partial charge in [0.2, 0.25) is 10.0 Å². The molecule has 8 nitrogen and oxygen atoms in total. The standard InChI is InChI=1S/C16H19FN4O4S2/c17-16(15(22)20-8-10-25-11-9-20)4-6-21(7-5-16)27(23,24)13-3-1-2-12-14(13)19-26-18-12/h1-3H,4-11H2. The van der Waals surface area contributed by atoms with Crippen LogP contribution < -0.4 is 0 Å². The smallest absolute Gasteiger partial charge is 0.260 e. The number of hydrogen-bond donors (Lipinski definition) is 0. The highest BCUT2D eigenvalue weighted by Crippen LogP contribution is 2.33. The van der Waals surface area contributed by atoms with Crippen molar-refractivity contribution in [2.45, 2.75) is 23.4 Å². The fourth-order valence-electron chi connectivity index (χ4n) is 3.47. The molecule has 2 fully saturated rings. The van der Waals surface area contributed by atoms with Crippen molar-refractivity contribution < 1.29 is 22.3 Å². The van der Waals surface area contributed by atoms with Crippen molar-refractivity contribution >= 4 is 38.7 Å². The summed E-state index contributed by atoms with van der Waals surface area (Å²) in [6.45, 7) is 1.42. The van der Waals surface area contributed by atoms with Gasteiger partial charge in [-0.15, -0.1) is 0 Å². The van der Waals surface area contributed by atoms with Gasteiger partial charge in [-0.3, -0.25) is 4.79 Å². The highest BCUT2D eigenvalue weighted by molar-refractivity contribution is 7.89. The van der Waals surface area contributed by atoms with Gasteiger partial charge in [-0.05, 0) is 12.1 Å². The number of hydrogen-bond acceptors (Lipinski definition) is 7. The van der Waals surface area contributed by atoms with E-state index in [4.69, 9.17) is 4.74 Å². The van der Waals surface area contributed by atoms with Crippen LogP contribution in [0.5, 0.6) is 0 Å². The predicted octanol–water partition coefficient (Wildman–Crippen LogP) is 1.04. The highest BCUT2D eigenvalue weighted by atomic mass is 32.2. The Labute approximate surface area is 160 Å². The molecule has 0 bridgehead atoms. The SMILES string of the molecule is O=C(N1CCOCC1)C1(F)CCN(S(=O)(=O)c2cccc3nsnc23)CC1. The monoisotopic (exact) mass is 414 g/mol.